The summed E-state index contributed by atoms with van der Waals surface area (Å²) < 4.78 is 41.3. The van der Waals surface area contributed by atoms with Crippen LogP contribution in [0.5, 0.6) is 0 Å². The molecule has 1 N–H and O–H groups in total. The predicted octanol–water partition coefficient (Wildman–Crippen LogP) is 3.85. The number of carbonyl (C=O) groups is 1. The highest BCUT2D eigenvalue weighted by molar-refractivity contribution is 7.89. The third kappa shape index (κ3) is 3.82. The van der Waals surface area contributed by atoms with E-state index < -0.39 is 22.0 Å². The van der Waals surface area contributed by atoms with Gasteiger partial charge in [-0.15, -0.1) is 0 Å². The zero-order valence-corrected chi connectivity index (χ0v) is 17.4. The summed E-state index contributed by atoms with van der Waals surface area (Å²) in [7, 11) is -3.81. The average Bonchev–Trinajstić information content (AvgIpc) is 3.06. The van der Waals surface area contributed by atoms with E-state index in [2.05, 4.69) is 5.32 Å². The van der Waals surface area contributed by atoms with E-state index in [1.165, 1.54) is 22.5 Å². The standard InChI is InChI=1S/C21H25FN2O3S/c1-13-10-15(3)20(16(4)11-13)28(26,27)24-9-5-6-19(24)21(25)23-18-8-7-17(22)12-14(18)2/h7-8,10-12,19H,5-6,9H2,1-4H3,(H,23,25). The van der Waals surface area contributed by atoms with Crippen LogP contribution in [0.3, 0.4) is 0 Å². The highest BCUT2D eigenvalue weighted by atomic mass is 32.2. The van der Waals surface area contributed by atoms with Crippen molar-refractivity contribution >= 4 is 21.6 Å². The van der Waals surface area contributed by atoms with Crippen LogP contribution in [-0.4, -0.2) is 31.2 Å². The summed E-state index contributed by atoms with van der Waals surface area (Å²) in [6, 6.07) is 6.99. The maximum Gasteiger partial charge on any atom is 0.244 e. The Kier molecular flexibility index (Phi) is 5.59. The minimum atomic E-state index is -3.81. The van der Waals surface area contributed by atoms with Crippen molar-refractivity contribution in [1.82, 2.24) is 4.31 Å². The first-order valence-corrected chi connectivity index (χ1v) is 10.7. The summed E-state index contributed by atoms with van der Waals surface area (Å²) in [5, 5.41) is 2.76. The van der Waals surface area contributed by atoms with Gasteiger partial charge in [-0.1, -0.05) is 17.7 Å². The molecule has 1 atom stereocenters. The number of amides is 1. The monoisotopic (exact) mass is 404 g/mol. The van der Waals surface area contributed by atoms with E-state index in [9.17, 15) is 17.6 Å². The van der Waals surface area contributed by atoms with Gasteiger partial charge in [-0.3, -0.25) is 4.79 Å². The van der Waals surface area contributed by atoms with Gasteiger partial charge >= 0.3 is 0 Å². The Balaban J connectivity index is 1.91. The third-order valence-electron chi connectivity index (χ3n) is 5.12. The number of aryl methyl sites for hydroxylation is 4. The molecule has 0 radical (unpaired) electrons. The predicted molar refractivity (Wildman–Crippen MR) is 107 cm³/mol. The van der Waals surface area contributed by atoms with Crippen molar-refractivity contribution in [2.75, 3.05) is 11.9 Å². The number of nitrogens with zero attached hydrogens (tertiary/aromatic N) is 1. The highest BCUT2D eigenvalue weighted by Crippen LogP contribution is 2.31. The Morgan fingerprint density at radius 2 is 1.71 bits per heavy atom. The lowest BCUT2D eigenvalue weighted by atomic mass is 10.1. The number of halogens is 1. The molecule has 150 valence electrons. The second-order valence-electron chi connectivity index (χ2n) is 7.45. The van der Waals surface area contributed by atoms with E-state index in [1.807, 2.05) is 19.1 Å². The van der Waals surface area contributed by atoms with Crippen molar-refractivity contribution in [2.24, 2.45) is 0 Å². The number of hydrogen-bond donors (Lipinski definition) is 1. The van der Waals surface area contributed by atoms with Gasteiger partial charge in [0.15, 0.2) is 0 Å². The lowest BCUT2D eigenvalue weighted by Crippen LogP contribution is -2.43. The second-order valence-corrected chi connectivity index (χ2v) is 9.28. The molecule has 3 rings (SSSR count). The second kappa shape index (κ2) is 7.64. The van der Waals surface area contributed by atoms with Gasteiger partial charge in [0.1, 0.15) is 11.9 Å². The molecule has 1 heterocycles. The minimum absolute atomic E-state index is 0.274. The average molecular weight is 405 g/mol. The fourth-order valence-corrected chi connectivity index (χ4v) is 6.04. The van der Waals surface area contributed by atoms with Crippen molar-refractivity contribution in [1.29, 1.82) is 0 Å². The quantitative estimate of drug-likeness (QED) is 0.842. The molecule has 5 nitrogen and oxygen atoms in total. The summed E-state index contributed by atoms with van der Waals surface area (Å²) in [4.78, 5) is 13.1. The fraction of sp³-hybridized carbons (Fsp3) is 0.381. The van der Waals surface area contributed by atoms with Crippen LogP contribution in [0, 0.1) is 33.5 Å². The fourth-order valence-electron chi connectivity index (χ4n) is 3.96. The van der Waals surface area contributed by atoms with E-state index in [0.29, 0.717) is 41.8 Å². The summed E-state index contributed by atoms with van der Waals surface area (Å²) >= 11 is 0. The van der Waals surface area contributed by atoms with Crippen LogP contribution < -0.4 is 5.32 Å². The van der Waals surface area contributed by atoms with Crippen LogP contribution in [0.1, 0.15) is 35.1 Å². The molecule has 7 heteroatoms. The lowest BCUT2D eigenvalue weighted by Gasteiger charge is -2.25. The number of rotatable bonds is 4. The minimum Gasteiger partial charge on any atom is -0.324 e. The number of hydrogen-bond acceptors (Lipinski definition) is 3. The maximum atomic E-state index is 13.4. The first-order chi connectivity index (χ1) is 13.1. The van der Waals surface area contributed by atoms with Crippen LogP contribution in [0.4, 0.5) is 10.1 Å². The normalized spacial score (nSPS) is 17.7. The third-order valence-corrected chi connectivity index (χ3v) is 7.34. The van der Waals surface area contributed by atoms with Gasteiger partial charge < -0.3 is 5.32 Å². The summed E-state index contributed by atoms with van der Waals surface area (Å²) in [6.07, 6.45) is 1.07. The zero-order chi connectivity index (χ0) is 20.6. The SMILES string of the molecule is Cc1cc(C)c(S(=O)(=O)N2CCCC2C(=O)Nc2ccc(F)cc2C)c(C)c1. The Bertz CT molecular complexity index is 1010. The molecule has 1 amide bonds. The number of carbonyl (C=O) groups excluding carboxylic acids is 1. The number of sulfonamides is 1. The Morgan fingerprint density at radius 3 is 2.32 bits per heavy atom. The molecule has 2 aromatic rings. The number of benzene rings is 2. The number of anilines is 1. The van der Waals surface area contributed by atoms with Gasteiger partial charge in [-0.2, -0.15) is 4.31 Å². The van der Waals surface area contributed by atoms with Gasteiger partial charge in [-0.25, -0.2) is 12.8 Å². The first kappa shape index (κ1) is 20.5. The van der Waals surface area contributed by atoms with Gasteiger partial charge in [0.25, 0.3) is 0 Å². The molecule has 0 aromatic heterocycles. The molecule has 1 aliphatic rings. The van der Waals surface area contributed by atoms with Crippen LogP contribution in [-0.2, 0) is 14.8 Å². The molecular formula is C21H25FN2O3S. The summed E-state index contributed by atoms with van der Waals surface area (Å²) in [5.74, 6) is -0.774. The zero-order valence-electron chi connectivity index (χ0n) is 16.5. The van der Waals surface area contributed by atoms with Crippen molar-refractivity contribution in [3.8, 4) is 0 Å². The Hall–Kier alpha value is -2.25. The van der Waals surface area contributed by atoms with Gasteiger partial charge in [0.05, 0.1) is 4.90 Å². The smallest absolute Gasteiger partial charge is 0.244 e. The van der Waals surface area contributed by atoms with Crippen molar-refractivity contribution in [3.05, 3.63) is 58.4 Å². The molecule has 28 heavy (non-hydrogen) atoms. The topological polar surface area (TPSA) is 66.5 Å². The van der Waals surface area contributed by atoms with E-state index in [0.717, 1.165) is 5.56 Å². The Morgan fingerprint density at radius 1 is 1.07 bits per heavy atom. The number of nitrogens with one attached hydrogen (secondary N) is 1. The molecule has 0 spiro atoms. The molecule has 2 aromatic carbocycles. The van der Waals surface area contributed by atoms with Crippen LogP contribution >= 0.6 is 0 Å². The lowest BCUT2D eigenvalue weighted by molar-refractivity contribution is -0.119. The van der Waals surface area contributed by atoms with Crippen LogP contribution in [0.2, 0.25) is 0 Å². The molecule has 1 fully saturated rings. The highest BCUT2D eigenvalue weighted by Gasteiger charge is 2.40. The molecule has 0 aliphatic carbocycles. The van der Waals surface area contributed by atoms with Crippen molar-refractivity contribution < 1.29 is 17.6 Å². The van der Waals surface area contributed by atoms with E-state index >= 15 is 0 Å². The van der Waals surface area contributed by atoms with E-state index in [1.54, 1.807) is 20.8 Å². The first-order valence-electron chi connectivity index (χ1n) is 9.28. The molecular weight excluding hydrogens is 379 g/mol. The van der Waals surface area contributed by atoms with E-state index in [-0.39, 0.29) is 10.7 Å². The van der Waals surface area contributed by atoms with Crippen LogP contribution in [0.25, 0.3) is 0 Å². The van der Waals surface area contributed by atoms with Gasteiger partial charge in [0.2, 0.25) is 15.9 Å². The molecule has 0 saturated carbocycles. The van der Waals surface area contributed by atoms with Crippen LogP contribution in [0.15, 0.2) is 35.2 Å². The maximum absolute atomic E-state index is 13.4. The van der Waals surface area contributed by atoms with Crippen molar-refractivity contribution in [3.63, 3.8) is 0 Å². The van der Waals surface area contributed by atoms with E-state index in [4.69, 9.17) is 0 Å². The summed E-state index contributed by atoms with van der Waals surface area (Å²) in [6.45, 7) is 7.48. The Labute approximate surface area is 165 Å². The molecule has 0 bridgehead atoms. The molecule has 1 saturated heterocycles. The summed E-state index contributed by atoms with van der Waals surface area (Å²) in [5.41, 5.74) is 3.43. The molecule has 1 unspecified atom stereocenters. The van der Waals surface area contributed by atoms with Gasteiger partial charge in [0, 0.05) is 12.2 Å². The molecule has 1 aliphatic heterocycles. The van der Waals surface area contributed by atoms with Gasteiger partial charge in [-0.05, 0) is 75.4 Å². The van der Waals surface area contributed by atoms with Crippen molar-refractivity contribution in [2.45, 2.75) is 51.5 Å². The largest absolute Gasteiger partial charge is 0.324 e.